The molecule has 0 saturated carbocycles. The van der Waals surface area contributed by atoms with E-state index < -0.39 is 0 Å². The molecule has 1 N–H and O–H groups in total. The van der Waals surface area contributed by atoms with Crippen molar-refractivity contribution in [3.63, 3.8) is 0 Å². The van der Waals surface area contributed by atoms with Crippen molar-refractivity contribution < 1.29 is 4.79 Å². The number of thioether (sulfide) groups is 1. The summed E-state index contributed by atoms with van der Waals surface area (Å²) in [5.41, 5.74) is 4.96. The highest BCUT2D eigenvalue weighted by Gasteiger charge is 2.16. The summed E-state index contributed by atoms with van der Waals surface area (Å²) in [6, 6.07) is 15.9. The number of hydrogen-bond donors (Lipinski definition) is 1. The number of hydrogen-bond acceptors (Lipinski definition) is 5. The Morgan fingerprint density at radius 2 is 2.00 bits per heavy atom. The van der Waals surface area contributed by atoms with Crippen LogP contribution in [0.15, 0.2) is 65.3 Å². The summed E-state index contributed by atoms with van der Waals surface area (Å²) >= 11 is 9.03. The molecule has 0 unspecified atom stereocenters. The lowest BCUT2D eigenvalue weighted by Crippen LogP contribution is -2.14. The van der Waals surface area contributed by atoms with Gasteiger partial charge in [0.25, 0.3) is 0 Å². The zero-order chi connectivity index (χ0) is 21.1. The summed E-state index contributed by atoms with van der Waals surface area (Å²) in [5.74, 6) is 0.107. The number of nitrogens with one attached hydrogen (secondary N) is 1. The molecule has 0 saturated heterocycles. The molecule has 0 aliphatic rings. The molecule has 2 aromatic heterocycles. The molecule has 0 radical (unpaired) electrons. The van der Waals surface area contributed by atoms with Gasteiger partial charge in [-0.25, -0.2) is 9.97 Å². The Labute approximate surface area is 188 Å². The Morgan fingerprint density at radius 3 is 2.70 bits per heavy atom. The van der Waals surface area contributed by atoms with Gasteiger partial charge in [0.2, 0.25) is 5.91 Å². The lowest BCUT2D eigenvalue weighted by atomic mass is 10.1. The number of nitrogens with zero attached hydrogens (tertiary/aromatic N) is 3. The lowest BCUT2D eigenvalue weighted by molar-refractivity contribution is -0.113. The molecule has 8 heteroatoms. The third-order valence-electron chi connectivity index (χ3n) is 4.34. The number of imidazole rings is 1. The molecule has 0 spiro atoms. The van der Waals surface area contributed by atoms with Crippen molar-refractivity contribution in [3.05, 3.63) is 76.4 Å². The van der Waals surface area contributed by atoms with Crippen LogP contribution in [0.5, 0.6) is 0 Å². The average molecular weight is 455 g/mol. The van der Waals surface area contributed by atoms with Gasteiger partial charge in [0.05, 0.1) is 23.3 Å². The van der Waals surface area contributed by atoms with Crippen LogP contribution in [0.25, 0.3) is 16.9 Å². The van der Waals surface area contributed by atoms with Gasteiger partial charge < -0.3 is 5.32 Å². The molecule has 0 atom stereocenters. The summed E-state index contributed by atoms with van der Waals surface area (Å²) in [4.78, 5) is 21.3. The monoisotopic (exact) mass is 454 g/mol. The SMILES string of the molecule is Cc1ccc(-c2cnc(SCC(=O)Nc3nc(C)cs3)n2-c2cccc(Cl)c2)cc1. The fourth-order valence-electron chi connectivity index (χ4n) is 2.93. The molecule has 2 aromatic carbocycles. The summed E-state index contributed by atoms with van der Waals surface area (Å²) in [5, 5.41) is 6.71. The Hall–Kier alpha value is -2.61. The Bertz CT molecular complexity index is 1180. The van der Waals surface area contributed by atoms with Gasteiger partial charge in [0.15, 0.2) is 10.3 Å². The van der Waals surface area contributed by atoms with Gasteiger partial charge in [-0.05, 0) is 32.0 Å². The van der Waals surface area contributed by atoms with Gasteiger partial charge in [0.1, 0.15) is 0 Å². The predicted octanol–water partition coefficient (Wildman–Crippen LogP) is 6.00. The van der Waals surface area contributed by atoms with E-state index in [0.29, 0.717) is 10.2 Å². The van der Waals surface area contributed by atoms with E-state index in [9.17, 15) is 4.79 Å². The molecule has 0 bridgehead atoms. The minimum atomic E-state index is -0.119. The Morgan fingerprint density at radius 1 is 1.20 bits per heavy atom. The van der Waals surface area contributed by atoms with E-state index in [1.54, 1.807) is 0 Å². The normalized spacial score (nSPS) is 10.9. The number of aryl methyl sites for hydroxylation is 2. The minimum Gasteiger partial charge on any atom is -0.301 e. The quantitative estimate of drug-likeness (QED) is 0.363. The van der Waals surface area contributed by atoms with E-state index in [0.717, 1.165) is 27.8 Å². The molecule has 0 aliphatic heterocycles. The summed E-state index contributed by atoms with van der Waals surface area (Å²) in [6.45, 7) is 3.96. The predicted molar refractivity (Wildman–Crippen MR) is 125 cm³/mol. The summed E-state index contributed by atoms with van der Waals surface area (Å²) in [7, 11) is 0. The van der Waals surface area contributed by atoms with Gasteiger partial charge in [-0.15, -0.1) is 11.3 Å². The van der Waals surface area contributed by atoms with E-state index in [1.165, 1.54) is 28.7 Å². The first-order chi connectivity index (χ1) is 14.5. The van der Waals surface area contributed by atoms with Crippen LogP contribution in [0.2, 0.25) is 5.02 Å². The second kappa shape index (κ2) is 9.04. The molecule has 1 amide bonds. The number of halogens is 1. The van der Waals surface area contributed by atoms with Crippen LogP contribution in [-0.2, 0) is 4.79 Å². The molecule has 4 aromatic rings. The molecule has 5 nitrogen and oxygen atoms in total. The van der Waals surface area contributed by atoms with Crippen molar-refractivity contribution in [2.75, 3.05) is 11.1 Å². The largest absolute Gasteiger partial charge is 0.301 e. The second-order valence-electron chi connectivity index (χ2n) is 6.74. The van der Waals surface area contributed by atoms with Gasteiger partial charge in [-0.3, -0.25) is 9.36 Å². The Balaban J connectivity index is 1.62. The molecule has 2 heterocycles. The third kappa shape index (κ3) is 4.75. The molecular formula is C22H19ClN4OS2. The van der Waals surface area contributed by atoms with Crippen LogP contribution in [0.3, 0.4) is 0 Å². The van der Waals surface area contributed by atoms with Crippen molar-refractivity contribution in [1.82, 2.24) is 14.5 Å². The van der Waals surface area contributed by atoms with E-state index in [-0.39, 0.29) is 11.7 Å². The zero-order valence-corrected chi connectivity index (χ0v) is 18.8. The first-order valence-electron chi connectivity index (χ1n) is 9.25. The number of carbonyl (C=O) groups is 1. The standard InChI is InChI=1S/C22H19ClN4OS2/c1-14-6-8-16(9-7-14)19-11-24-22(27(19)18-5-3-4-17(23)10-18)30-13-20(28)26-21-25-15(2)12-29-21/h3-12H,13H2,1-2H3,(H,25,26,28). The number of benzene rings is 2. The van der Waals surface area contributed by atoms with Gasteiger partial charge >= 0.3 is 0 Å². The third-order valence-corrected chi connectivity index (χ3v) is 6.40. The Kier molecular flexibility index (Phi) is 6.22. The molecule has 152 valence electrons. The van der Waals surface area contributed by atoms with Crippen molar-refractivity contribution in [2.45, 2.75) is 19.0 Å². The zero-order valence-electron chi connectivity index (χ0n) is 16.4. The van der Waals surface area contributed by atoms with Crippen LogP contribution >= 0.6 is 34.7 Å². The number of thiazole rings is 1. The van der Waals surface area contributed by atoms with Crippen LogP contribution in [-0.4, -0.2) is 26.2 Å². The van der Waals surface area contributed by atoms with Crippen LogP contribution in [0.4, 0.5) is 5.13 Å². The molecule has 4 rings (SSSR count). The average Bonchev–Trinajstić information content (AvgIpc) is 3.33. The molecule has 0 aliphatic carbocycles. The van der Waals surface area contributed by atoms with E-state index >= 15 is 0 Å². The first kappa shape index (κ1) is 20.7. The number of rotatable bonds is 6. The number of amides is 1. The topological polar surface area (TPSA) is 59.8 Å². The van der Waals surface area contributed by atoms with Crippen LogP contribution < -0.4 is 5.32 Å². The van der Waals surface area contributed by atoms with Crippen molar-refractivity contribution in [1.29, 1.82) is 0 Å². The first-order valence-corrected chi connectivity index (χ1v) is 11.5. The fourth-order valence-corrected chi connectivity index (χ4v) is 4.61. The van der Waals surface area contributed by atoms with E-state index in [2.05, 4.69) is 46.5 Å². The van der Waals surface area contributed by atoms with Crippen LogP contribution in [0, 0.1) is 13.8 Å². The summed E-state index contributed by atoms with van der Waals surface area (Å²) in [6.07, 6.45) is 1.83. The molecular weight excluding hydrogens is 436 g/mol. The highest BCUT2D eigenvalue weighted by atomic mass is 35.5. The van der Waals surface area contributed by atoms with Crippen molar-refractivity contribution >= 4 is 45.7 Å². The highest BCUT2D eigenvalue weighted by Crippen LogP contribution is 2.31. The highest BCUT2D eigenvalue weighted by molar-refractivity contribution is 7.99. The maximum absolute atomic E-state index is 12.4. The smallest absolute Gasteiger partial charge is 0.236 e. The van der Waals surface area contributed by atoms with Crippen molar-refractivity contribution in [3.8, 4) is 16.9 Å². The number of aromatic nitrogens is 3. The molecule has 30 heavy (non-hydrogen) atoms. The maximum atomic E-state index is 12.4. The van der Waals surface area contributed by atoms with Crippen LogP contribution in [0.1, 0.15) is 11.3 Å². The second-order valence-corrected chi connectivity index (χ2v) is 8.98. The van der Waals surface area contributed by atoms with Crippen molar-refractivity contribution in [2.24, 2.45) is 0 Å². The summed E-state index contributed by atoms with van der Waals surface area (Å²) < 4.78 is 2.03. The van der Waals surface area contributed by atoms with Gasteiger partial charge in [0, 0.05) is 21.7 Å². The van der Waals surface area contributed by atoms with E-state index in [4.69, 9.17) is 11.6 Å². The maximum Gasteiger partial charge on any atom is 0.236 e. The van der Waals surface area contributed by atoms with E-state index in [1.807, 2.05) is 47.3 Å². The molecule has 0 fully saturated rings. The number of anilines is 1. The fraction of sp³-hybridized carbons (Fsp3) is 0.136. The lowest BCUT2D eigenvalue weighted by Gasteiger charge is -2.12. The minimum absolute atomic E-state index is 0.119. The van der Waals surface area contributed by atoms with Gasteiger partial charge in [-0.1, -0.05) is 59.3 Å². The number of carbonyl (C=O) groups excluding carboxylic acids is 1. The van der Waals surface area contributed by atoms with Gasteiger partial charge in [-0.2, -0.15) is 0 Å².